The maximum Gasteiger partial charge on any atom is 0.343 e. The number of carboxylic acids is 1. The largest absolute Gasteiger partial charge is 0.477 e. The topological polar surface area (TPSA) is 114 Å². The Hall–Kier alpha value is -3.16. The number of aromatic carboxylic acids is 1. The smallest absolute Gasteiger partial charge is 0.343 e. The van der Waals surface area contributed by atoms with Gasteiger partial charge in [-0.1, -0.05) is 40.6 Å². The van der Waals surface area contributed by atoms with E-state index in [1.54, 1.807) is 24.3 Å². The summed E-state index contributed by atoms with van der Waals surface area (Å²) in [5, 5.41) is 20.1. The molecule has 1 saturated carbocycles. The summed E-state index contributed by atoms with van der Waals surface area (Å²) in [5.41, 5.74) is 0.623. The lowest BCUT2D eigenvalue weighted by Crippen LogP contribution is -2.07. The second kappa shape index (κ2) is 5.80. The molecule has 8 heteroatoms. The molecule has 8 nitrogen and oxygen atoms in total. The van der Waals surface area contributed by atoms with E-state index in [1.165, 1.54) is 0 Å². The van der Waals surface area contributed by atoms with Gasteiger partial charge in [-0.15, -0.1) is 0 Å². The molecule has 0 saturated heterocycles. The molecule has 0 radical (unpaired) electrons. The van der Waals surface area contributed by atoms with Gasteiger partial charge in [0.1, 0.15) is 0 Å². The second-order valence-electron chi connectivity index (χ2n) is 5.58. The third-order valence-corrected chi connectivity index (χ3v) is 3.77. The summed E-state index contributed by atoms with van der Waals surface area (Å²) in [6, 6.07) is 8.97. The van der Waals surface area contributed by atoms with Crippen LogP contribution in [0.3, 0.4) is 0 Å². The monoisotopic (exact) mass is 326 g/mol. The van der Waals surface area contributed by atoms with Gasteiger partial charge in [-0.05, 0) is 12.8 Å². The normalized spacial score (nSPS) is 13.8. The lowest BCUT2D eigenvalue weighted by atomic mass is 10.1. The SMILES string of the molecule is O=C(O)c1c(NCc2noc(C3CC3)n2)noc1-c1ccccc1. The van der Waals surface area contributed by atoms with Gasteiger partial charge in [0.2, 0.25) is 5.89 Å². The summed E-state index contributed by atoms with van der Waals surface area (Å²) in [6.07, 6.45) is 2.14. The summed E-state index contributed by atoms with van der Waals surface area (Å²) >= 11 is 0. The number of benzene rings is 1. The highest BCUT2D eigenvalue weighted by atomic mass is 16.5. The molecule has 2 heterocycles. The molecule has 2 aromatic heterocycles. The van der Waals surface area contributed by atoms with Gasteiger partial charge >= 0.3 is 5.97 Å². The summed E-state index contributed by atoms with van der Waals surface area (Å²) in [5.74, 6) is 0.686. The van der Waals surface area contributed by atoms with Crippen molar-refractivity contribution in [1.29, 1.82) is 0 Å². The molecule has 0 aliphatic heterocycles. The van der Waals surface area contributed by atoms with Gasteiger partial charge in [0.15, 0.2) is 23.0 Å². The fourth-order valence-electron chi connectivity index (χ4n) is 2.39. The Morgan fingerprint density at radius 2 is 2.00 bits per heavy atom. The van der Waals surface area contributed by atoms with Crippen LogP contribution in [0.15, 0.2) is 39.4 Å². The van der Waals surface area contributed by atoms with Crippen LogP contribution in [0, 0.1) is 0 Å². The van der Waals surface area contributed by atoms with Gasteiger partial charge in [0, 0.05) is 11.5 Å². The van der Waals surface area contributed by atoms with Crippen molar-refractivity contribution in [3.8, 4) is 11.3 Å². The summed E-state index contributed by atoms with van der Waals surface area (Å²) in [4.78, 5) is 15.9. The van der Waals surface area contributed by atoms with Crippen LogP contribution in [-0.4, -0.2) is 26.4 Å². The number of anilines is 1. The molecule has 4 rings (SSSR count). The average Bonchev–Trinajstić information content (AvgIpc) is 3.18. The molecule has 1 aliphatic carbocycles. The van der Waals surface area contributed by atoms with Crippen LogP contribution in [-0.2, 0) is 6.54 Å². The molecule has 24 heavy (non-hydrogen) atoms. The van der Waals surface area contributed by atoms with Crippen LogP contribution < -0.4 is 5.32 Å². The molecular weight excluding hydrogens is 312 g/mol. The molecule has 0 spiro atoms. The molecule has 0 amide bonds. The van der Waals surface area contributed by atoms with Crippen LogP contribution in [0.2, 0.25) is 0 Å². The van der Waals surface area contributed by atoms with Crippen LogP contribution in [0.25, 0.3) is 11.3 Å². The van der Waals surface area contributed by atoms with Crippen molar-refractivity contribution in [1.82, 2.24) is 15.3 Å². The third kappa shape index (κ3) is 2.73. The van der Waals surface area contributed by atoms with E-state index in [1.807, 2.05) is 6.07 Å². The molecule has 0 atom stereocenters. The Morgan fingerprint density at radius 3 is 2.71 bits per heavy atom. The molecule has 3 aromatic rings. The lowest BCUT2D eigenvalue weighted by Gasteiger charge is -2.01. The van der Waals surface area contributed by atoms with Crippen molar-refractivity contribution >= 4 is 11.8 Å². The third-order valence-electron chi connectivity index (χ3n) is 3.77. The number of hydrogen-bond acceptors (Lipinski definition) is 7. The number of carbonyl (C=O) groups is 1. The Balaban J connectivity index is 1.56. The van der Waals surface area contributed by atoms with Crippen molar-refractivity contribution < 1.29 is 18.9 Å². The van der Waals surface area contributed by atoms with E-state index < -0.39 is 5.97 Å². The molecule has 1 aliphatic rings. The Labute approximate surface area is 136 Å². The predicted octanol–water partition coefficient (Wildman–Crippen LogP) is 2.91. The first-order valence-corrected chi connectivity index (χ1v) is 7.57. The summed E-state index contributed by atoms with van der Waals surface area (Å²) in [7, 11) is 0. The number of nitrogens with zero attached hydrogens (tertiary/aromatic N) is 3. The average molecular weight is 326 g/mol. The molecule has 2 N–H and O–H groups in total. The Morgan fingerprint density at radius 1 is 1.21 bits per heavy atom. The van der Waals surface area contributed by atoms with E-state index in [4.69, 9.17) is 9.05 Å². The van der Waals surface area contributed by atoms with Crippen molar-refractivity contribution in [3.63, 3.8) is 0 Å². The van der Waals surface area contributed by atoms with Crippen LogP contribution in [0.5, 0.6) is 0 Å². The van der Waals surface area contributed by atoms with E-state index in [0.29, 0.717) is 23.2 Å². The zero-order valence-electron chi connectivity index (χ0n) is 12.6. The molecule has 1 fully saturated rings. The first-order chi connectivity index (χ1) is 11.7. The first kappa shape index (κ1) is 14.4. The highest BCUT2D eigenvalue weighted by Gasteiger charge is 2.30. The zero-order chi connectivity index (χ0) is 16.5. The maximum atomic E-state index is 11.6. The summed E-state index contributed by atoms with van der Waals surface area (Å²) in [6.45, 7) is 0.206. The fraction of sp³-hybridized carbons (Fsp3) is 0.250. The van der Waals surface area contributed by atoms with Gasteiger partial charge in [0.25, 0.3) is 0 Å². The van der Waals surface area contributed by atoms with E-state index in [9.17, 15) is 9.90 Å². The van der Waals surface area contributed by atoms with E-state index in [2.05, 4.69) is 20.6 Å². The van der Waals surface area contributed by atoms with Gasteiger partial charge < -0.3 is 19.5 Å². The quantitative estimate of drug-likeness (QED) is 0.710. The lowest BCUT2D eigenvalue weighted by molar-refractivity contribution is 0.0698. The van der Waals surface area contributed by atoms with E-state index in [-0.39, 0.29) is 23.7 Å². The zero-order valence-corrected chi connectivity index (χ0v) is 12.6. The predicted molar refractivity (Wildman–Crippen MR) is 82.5 cm³/mol. The minimum atomic E-state index is -1.12. The van der Waals surface area contributed by atoms with E-state index in [0.717, 1.165) is 12.8 Å². The highest BCUT2D eigenvalue weighted by molar-refractivity contribution is 5.99. The van der Waals surface area contributed by atoms with Crippen LogP contribution in [0.1, 0.15) is 40.8 Å². The molecule has 122 valence electrons. The molecule has 0 bridgehead atoms. The number of carboxylic acid groups (broad SMARTS) is 1. The second-order valence-corrected chi connectivity index (χ2v) is 5.58. The van der Waals surface area contributed by atoms with Crippen molar-refractivity contribution in [2.45, 2.75) is 25.3 Å². The summed E-state index contributed by atoms with van der Waals surface area (Å²) < 4.78 is 10.4. The maximum absolute atomic E-state index is 11.6. The van der Waals surface area contributed by atoms with Crippen molar-refractivity contribution in [3.05, 3.63) is 47.6 Å². The van der Waals surface area contributed by atoms with Gasteiger partial charge in [-0.2, -0.15) is 4.98 Å². The number of hydrogen-bond donors (Lipinski definition) is 2. The Bertz CT molecular complexity index is 867. The number of rotatable bonds is 6. The highest BCUT2D eigenvalue weighted by Crippen LogP contribution is 2.38. The van der Waals surface area contributed by atoms with Gasteiger partial charge in [-0.3, -0.25) is 0 Å². The molecule has 1 aromatic carbocycles. The minimum Gasteiger partial charge on any atom is -0.477 e. The molecule has 0 unspecified atom stereocenters. The fourth-order valence-corrected chi connectivity index (χ4v) is 2.39. The van der Waals surface area contributed by atoms with Crippen molar-refractivity contribution in [2.75, 3.05) is 5.32 Å². The standard InChI is InChI=1S/C16H14N4O4/c21-16(22)12-13(9-4-2-1-3-5-9)23-20-14(12)17-8-11-18-15(24-19-11)10-6-7-10/h1-5,10H,6-8H2,(H,17,20)(H,21,22). The minimum absolute atomic E-state index is 0.0212. The first-order valence-electron chi connectivity index (χ1n) is 7.57. The van der Waals surface area contributed by atoms with Crippen LogP contribution >= 0.6 is 0 Å². The number of aromatic nitrogens is 3. The van der Waals surface area contributed by atoms with Gasteiger partial charge in [-0.25, -0.2) is 4.79 Å². The molecular formula is C16H14N4O4. The Kier molecular flexibility index (Phi) is 3.49. The number of nitrogens with one attached hydrogen (secondary N) is 1. The van der Waals surface area contributed by atoms with Gasteiger partial charge in [0.05, 0.1) is 6.54 Å². The van der Waals surface area contributed by atoms with Crippen LogP contribution in [0.4, 0.5) is 5.82 Å². The van der Waals surface area contributed by atoms with Crippen molar-refractivity contribution in [2.24, 2.45) is 0 Å². The van der Waals surface area contributed by atoms with E-state index >= 15 is 0 Å².